The van der Waals surface area contributed by atoms with Crippen molar-refractivity contribution in [3.8, 4) is 0 Å². The lowest BCUT2D eigenvalue weighted by Crippen LogP contribution is -2.49. The molecule has 6 nitrogen and oxygen atoms in total. The van der Waals surface area contributed by atoms with Gasteiger partial charge in [0.05, 0.1) is 17.4 Å². The molecule has 2 heterocycles. The van der Waals surface area contributed by atoms with Gasteiger partial charge in [0.2, 0.25) is 0 Å². The van der Waals surface area contributed by atoms with Crippen LogP contribution in [0.4, 0.5) is 5.69 Å². The summed E-state index contributed by atoms with van der Waals surface area (Å²) in [5, 5.41) is 13.2. The van der Waals surface area contributed by atoms with Crippen LogP contribution in [0.25, 0.3) is 12.3 Å². The Hall–Kier alpha value is -2.64. The summed E-state index contributed by atoms with van der Waals surface area (Å²) in [6, 6.07) is 9.28. The van der Waals surface area contributed by atoms with Crippen LogP contribution in [-0.4, -0.2) is 38.7 Å². The van der Waals surface area contributed by atoms with Gasteiger partial charge in [-0.3, -0.25) is 9.36 Å². The van der Waals surface area contributed by atoms with Crippen LogP contribution in [0.5, 0.6) is 0 Å². The number of hydrogen-bond acceptors (Lipinski definition) is 4. The van der Waals surface area contributed by atoms with Crippen molar-refractivity contribution in [2.45, 2.75) is 38.9 Å². The minimum absolute atomic E-state index is 0.241. The fourth-order valence-electron chi connectivity index (χ4n) is 2.52. The number of para-hydroxylation sites is 1. The second-order valence-electron chi connectivity index (χ2n) is 7.54. The quantitative estimate of drug-likeness (QED) is 0.798. The number of benzene rings is 1. The molecule has 7 heteroatoms. The van der Waals surface area contributed by atoms with Gasteiger partial charge in [0, 0.05) is 11.9 Å². The van der Waals surface area contributed by atoms with Gasteiger partial charge in [0.1, 0.15) is 11.5 Å². The number of amides is 1. The molecule has 0 aliphatic carbocycles. The number of nitrogens with zero attached hydrogens (tertiary/aromatic N) is 2. The van der Waals surface area contributed by atoms with E-state index in [9.17, 15) is 9.90 Å². The predicted octanol–water partition coefficient (Wildman–Crippen LogP) is 3.27. The summed E-state index contributed by atoms with van der Waals surface area (Å²) in [4.78, 5) is 16.9. The van der Waals surface area contributed by atoms with Crippen LogP contribution in [0.2, 0.25) is 0 Å². The molecule has 3 rings (SSSR count). The molecule has 2 N–H and O–H groups in total. The maximum atomic E-state index is 12.6. The number of fused-ring (bicyclic) bond motifs is 1. The minimum Gasteiger partial charge on any atom is -0.420 e. The average molecular weight is 365 g/mol. The van der Waals surface area contributed by atoms with Crippen molar-refractivity contribution in [3.63, 3.8) is 0 Å². The van der Waals surface area contributed by atoms with E-state index in [1.165, 1.54) is 0 Å². The molecule has 2 aromatic rings. The number of anilines is 1. The first-order valence-corrected chi connectivity index (χ1v) is 8.88. The number of aromatic nitrogens is 2. The fraction of sp³-hybridized carbons (Fsp3) is 0.300. The van der Waals surface area contributed by atoms with E-state index in [2.05, 4.69) is 10.3 Å². The number of aliphatic hydroxyl groups is 1. The maximum Gasteiger partial charge on any atom is 0.348 e. The van der Waals surface area contributed by atoms with Crippen molar-refractivity contribution >= 4 is 30.8 Å². The second-order valence-corrected chi connectivity index (χ2v) is 7.54. The largest absolute Gasteiger partial charge is 0.420 e. The van der Waals surface area contributed by atoms with Gasteiger partial charge in [0.25, 0.3) is 5.91 Å². The lowest BCUT2D eigenvalue weighted by molar-refractivity contribution is -0.0914. The minimum atomic E-state index is -1.00. The van der Waals surface area contributed by atoms with Crippen LogP contribution in [0.3, 0.4) is 0 Å². The summed E-state index contributed by atoms with van der Waals surface area (Å²) < 4.78 is 7.77. The summed E-state index contributed by atoms with van der Waals surface area (Å²) >= 11 is 0. The zero-order valence-corrected chi connectivity index (χ0v) is 16.0. The molecule has 1 aliphatic heterocycles. The van der Waals surface area contributed by atoms with Crippen molar-refractivity contribution in [2.24, 2.45) is 0 Å². The number of nitrogens with one attached hydrogen (secondary N) is 1. The van der Waals surface area contributed by atoms with Gasteiger partial charge in [-0.15, -0.1) is 0 Å². The molecule has 0 radical (unpaired) electrons. The monoisotopic (exact) mass is 365 g/mol. The van der Waals surface area contributed by atoms with Gasteiger partial charge in [-0.25, -0.2) is 4.98 Å². The van der Waals surface area contributed by atoms with Gasteiger partial charge in [-0.05, 0) is 45.9 Å². The fourth-order valence-corrected chi connectivity index (χ4v) is 2.52. The molecule has 1 amide bonds. The van der Waals surface area contributed by atoms with E-state index in [4.69, 9.17) is 4.65 Å². The van der Waals surface area contributed by atoms with Crippen LogP contribution in [-0.2, 0) is 4.65 Å². The van der Waals surface area contributed by atoms with Crippen LogP contribution in [0.1, 0.15) is 44.0 Å². The van der Waals surface area contributed by atoms with Gasteiger partial charge in [0.15, 0.2) is 0 Å². The zero-order chi connectivity index (χ0) is 19.7. The van der Waals surface area contributed by atoms with Crippen LogP contribution >= 0.6 is 0 Å². The third-order valence-corrected chi connectivity index (χ3v) is 4.85. The molecule has 0 atom stereocenters. The Balaban J connectivity index is 1.79. The smallest absolute Gasteiger partial charge is 0.348 e. The number of carbonyl (C=O) groups excluding carboxylic acids is 1. The molecule has 1 aromatic carbocycles. The number of hydrogen-bond donors (Lipinski definition) is 2. The molecule has 1 aromatic heterocycles. The SMILES string of the molecule is CC(C)(O)C(C)(C)OB1C=Cc2ncc(C(=O)Nc3ccccc3)n2C=C1. The lowest BCUT2D eigenvalue weighted by atomic mass is 9.66. The Labute approximate surface area is 159 Å². The summed E-state index contributed by atoms with van der Waals surface area (Å²) in [7, 11) is 0. The number of rotatable bonds is 5. The van der Waals surface area contributed by atoms with E-state index in [-0.39, 0.29) is 12.8 Å². The van der Waals surface area contributed by atoms with E-state index in [0.29, 0.717) is 11.5 Å². The molecule has 27 heavy (non-hydrogen) atoms. The van der Waals surface area contributed by atoms with Gasteiger partial charge < -0.3 is 15.1 Å². The zero-order valence-electron chi connectivity index (χ0n) is 16.0. The molecule has 140 valence electrons. The standard InChI is InChI=1S/C20H24BN3O3/c1-19(2,26)20(3,4)27-21-11-10-17-22-14-16(24(17)13-12-21)18(25)23-15-8-6-5-7-9-15/h5-14,26H,1-4H3,(H,23,25). The Morgan fingerprint density at radius 2 is 1.89 bits per heavy atom. The van der Waals surface area contributed by atoms with E-state index in [1.807, 2.05) is 62.2 Å². The highest BCUT2D eigenvalue weighted by molar-refractivity contribution is 6.64. The third kappa shape index (κ3) is 4.20. The van der Waals surface area contributed by atoms with Crippen molar-refractivity contribution in [2.75, 3.05) is 5.32 Å². The highest BCUT2D eigenvalue weighted by Crippen LogP contribution is 2.27. The highest BCUT2D eigenvalue weighted by atomic mass is 16.5. The molecular weight excluding hydrogens is 341 g/mol. The first-order valence-electron chi connectivity index (χ1n) is 8.88. The summed E-state index contributed by atoms with van der Waals surface area (Å²) in [6.07, 6.45) is 5.13. The van der Waals surface area contributed by atoms with Crippen LogP contribution in [0.15, 0.2) is 48.5 Å². The molecule has 0 saturated carbocycles. The third-order valence-electron chi connectivity index (χ3n) is 4.85. The molecule has 0 fully saturated rings. The molecule has 0 unspecified atom stereocenters. The normalized spacial score (nSPS) is 14.0. The summed E-state index contributed by atoms with van der Waals surface area (Å²) in [5.41, 5.74) is -0.613. The maximum absolute atomic E-state index is 12.6. The van der Waals surface area contributed by atoms with E-state index in [1.54, 1.807) is 30.8 Å². The molecule has 0 saturated heterocycles. The van der Waals surface area contributed by atoms with Crippen molar-refractivity contribution in [1.82, 2.24) is 9.55 Å². The molecule has 0 bridgehead atoms. The van der Waals surface area contributed by atoms with Crippen molar-refractivity contribution < 1.29 is 14.6 Å². The number of imidazole rings is 1. The number of carbonyl (C=O) groups is 1. The Morgan fingerprint density at radius 3 is 2.56 bits per heavy atom. The molecular formula is C20H24BN3O3. The first-order chi connectivity index (χ1) is 12.7. The van der Waals surface area contributed by atoms with Crippen molar-refractivity contribution in [1.29, 1.82) is 0 Å². The summed E-state index contributed by atoms with van der Waals surface area (Å²) in [5.74, 6) is 4.08. The molecule has 1 aliphatic rings. The van der Waals surface area contributed by atoms with Gasteiger partial charge in [-0.1, -0.05) is 30.1 Å². The van der Waals surface area contributed by atoms with E-state index in [0.717, 1.165) is 5.69 Å². The van der Waals surface area contributed by atoms with Crippen LogP contribution in [0, 0.1) is 0 Å². The molecule has 0 spiro atoms. The lowest BCUT2D eigenvalue weighted by Gasteiger charge is -2.38. The van der Waals surface area contributed by atoms with Crippen molar-refractivity contribution in [3.05, 3.63) is 60.0 Å². The Bertz CT molecular complexity index is 880. The van der Waals surface area contributed by atoms with E-state index < -0.39 is 11.2 Å². The second kappa shape index (κ2) is 7.17. The van der Waals surface area contributed by atoms with Crippen LogP contribution < -0.4 is 5.32 Å². The first kappa shape index (κ1) is 19.1. The summed E-state index contributed by atoms with van der Waals surface area (Å²) in [6.45, 7) is 6.77. The van der Waals surface area contributed by atoms with Gasteiger partial charge in [-0.2, -0.15) is 0 Å². The Kier molecular flexibility index (Phi) is 5.08. The predicted molar refractivity (Wildman–Crippen MR) is 108 cm³/mol. The average Bonchev–Trinajstić information content (AvgIpc) is 2.90. The van der Waals surface area contributed by atoms with Gasteiger partial charge >= 0.3 is 6.92 Å². The highest BCUT2D eigenvalue weighted by Gasteiger charge is 2.38. The van der Waals surface area contributed by atoms with E-state index >= 15 is 0 Å². The topological polar surface area (TPSA) is 76.4 Å². The Morgan fingerprint density at radius 1 is 1.19 bits per heavy atom.